The fourth-order valence-electron chi connectivity index (χ4n) is 2.56. The van der Waals surface area contributed by atoms with E-state index in [0.29, 0.717) is 12.5 Å². The molecule has 2 aromatic rings. The lowest BCUT2D eigenvalue weighted by atomic mass is 10.3. The number of nitrogens with two attached hydrogens (primary N) is 1. The van der Waals surface area contributed by atoms with Gasteiger partial charge in [0, 0.05) is 56.9 Å². The summed E-state index contributed by atoms with van der Waals surface area (Å²) >= 11 is 0. The largest absolute Gasteiger partial charge is 0.370 e. The molecule has 3 rings (SSSR count). The van der Waals surface area contributed by atoms with Crippen molar-refractivity contribution in [1.29, 1.82) is 0 Å². The van der Waals surface area contributed by atoms with Gasteiger partial charge in [-0.25, -0.2) is 15.0 Å². The van der Waals surface area contributed by atoms with Crippen LogP contribution in [0.15, 0.2) is 29.6 Å². The average Bonchev–Trinajstić information content (AvgIpc) is 2.92. The maximum atomic E-state index is 6.14. The smallest absolute Gasteiger partial charge is 0.225 e. The lowest BCUT2D eigenvalue weighted by molar-refractivity contribution is 0.378. The van der Waals surface area contributed by atoms with Crippen LogP contribution < -0.4 is 10.6 Å². The normalized spacial score (nSPS) is 15.3. The van der Waals surface area contributed by atoms with Crippen LogP contribution in [-0.4, -0.2) is 56.8 Å². The molecule has 0 saturated carbocycles. The Morgan fingerprint density at radius 3 is 2.46 bits per heavy atom. The van der Waals surface area contributed by atoms with Crippen LogP contribution in [0.2, 0.25) is 0 Å². The maximum absolute atomic E-state index is 6.14. The molecule has 0 radical (unpaired) electrons. The predicted molar refractivity (Wildman–Crippen MR) is 105 cm³/mol. The molecule has 0 spiro atoms. The Hall–Kier alpha value is -1.91. The van der Waals surface area contributed by atoms with Gasteiger partial charge in [0.05, 0.1) is 12.7 Å². The summed E-state index contributed by atoms with van der Waals surface area (Å²) in [5.41, 5.74) is 8.36. The third-order valence-electron chi connectivity index (χ3n) is 4.19. The van der Waals surface area contributed by atoms with E-state index in [9.17, 15) is 0 Å². The number of piperazine rings is 1. The van der Waals surface area contributed by atoms with Gasteiger partial charge in [-0.2, -0.15) is 5.10 Å². The molecule has 1 fully saturated rings. The summed E-state index contributed by atoms with van der Waals surface area (Å²) in [6, 6.07) is 1.82. The molecule has 1 aliphatic heterocycles. The van der Waals surface area contributed by atoms with Gasteiger partial charge in [0.15, 0.2) is 5.96 Å². The van der Waals surface area contributed by atoms with Gasteiger partial charge in [0.1, 0.15) is 0 Å². The Labute approximate surface area is 158 Å². The first-order valence-electron chi connectivity index (χ1n) is 7.69. The summed E-state index contributed by atoms with van der Waals surface area (Å²) < 4.78 is 1.85. The van der Waals surface area contributed by atoms with Crippen LogP contribution in [0.4, 0.5) is 5.95 Å². The van der Waals surface area contributed by atoms with Crippen LogP contribution in [0.25, 0.3) is 0 Å². The molecule has 0 amide bonds. The summed E-state index contributed by atoms with van der Waals surface area (Å²) in [6.45, 7) is 5.91. The first-order valence-corrected chi connectivity index (χ1v) is 7.69. The Balaban J connectivity index is 0.00000208. The molecule has 0 unspecified atom stereocenters. The average molecular weight is 442 g/mol. The standard InChI is InChI=1S/C15H22N8.HI/c1-12-13(11-20-21(12)2)10-19-14(16)22-6-8-23(9-7-22)15-17-4-3-5-18-15;/h3-5,11H,6-10H2,1-2H3,(H2,16,19);1H. The molecule has 8 nitrogen and oxygen atoms in total. The summed E-state index contributed by atoms with van der Waals surface area (Å²) in [7, 11) is 1.93. The summed E-state index contributed by atoms with van der Waals surface area (Å²) in [4.78, 5) is 17.3. The number of hydrogen-bond acceptors (Lipinski definition) is 5. The number of hydrogen-bond donors (Lipinski definition) is 1. The van der Waals surface area contributed by atoms with Crippen LogP contribution >= 0.6 is 24.0 Å². The molecular weight excluding hydrogens is 419 g/mol. The highest BCUT2D eigenvalue weighted by Gasteiger charge is 2.19. The summed E-state index contributed by atoms with van der Waals surface area (Å²) in [5.74, 6) is 1.36. The van der Waals surface area contributed by atoms with Crippen molar-refractivity contribution in [2.24, 2.45) is 17.8 Å². The second-order valence-electron chi connectivity index (χ2n) is 5.58. The van der Waals surface area contributed by atoms with E-state index in [-0.39, 0.29) is 24.0 Å². The Morgan fingerprint density at radius 1 is 1.21 bits per heavy atom. The van der Waals surface area contributed by atoms with E-state index in [1.165, 1.54) is 0 Å². The molecule has 0 atom stereocenters. The minimum absolute atomic E-state index is 0. The van der Waals surface area contributed by atoms with E-state index in [1.807, 2.05) is 30.9 Å². The fraction of sp³-hybridized carbons (Fsp3) is 0.467. The van der Waals surface area contributed by atoms with Crippen molar-refractivity contribution >= 4 is 35.9 Å². The number of aromatic nitrogens is 4. The monoisotopic (exact) mass is 442 g/mol. The zero-order chi connectivity index (χ0) is 16.2. The van der Waals surface area contributed by atoms with Gasteiger partial charge in [-0.05, 0) is 13.0 Å². The van der Waals surface area contributed by atoms with Gasteiger partial charge in [0.25, 0.3) is 0 Å². The van der Waals surface area contributed by atoms with Crippen molar-refractivity contribution in [3.8, 4) is 0 Å². The van der Waals surface area contributed by atoms with Crippen LogP contribution in [-0.2, 0) is 13.6 Å². The van der Waals surface area contributed by atoms with Crippen molar-refractivity contribution in [1.82, 2.24) is 24.6 Å². The maximum Gasteiger partial charge on any atom is 0.225 e. The lowest BCUT2D eigenvalue weighted by Crippen LogP contribution is -2.51. The van der Waals surface area contributed by atoms with E-state index in [0.717, 1.165) is 43.4 Å². The molecule has 130 valence electrons. The first-order chi connectivity index (χ1) is 11.1. The zero-order valence-electron chi connectivity index (χ0n) is 14.0. The first kappa shape index (κ1) is 18.4. The molecule has 3 heterocycles. The molecule has 2 aromatic heterocycles. The van der Waals surface area contributed by atoms with E-state index in [1.54, 1.807) is 12.4 Å². The summed E-state index contributed by atoms with van der Waals surface area (Å²) in [6.07, 6.45) is 5.37. The SMILES string of the molecule is Cc1c(CN=C(N)N2CCN(c3ncccn3)CC2)cnn1C.I. The summed E-state index contributed by atoms with van der Waals surface area (Å²) in [5, 5.41) is 4.22. The predicted octanol–water partition coefficient (Wildman–Crippen LogP) is 0.773. The highest BCUT2D eigenvalue weighted by Crippen LogP contribution is 2.10. The van der Waals surface area contributed by atoms with Gasteiger partial charge >= 0.3 is 0 Å². The van der Waals surface area contributed by atoms with Crippen molar-refractivity contribution in [3.05, 3.63) is 35.9 Å². The molecule has 0 aliphatic carbocycles. The van der Waals surface area contributed by atoms with Crippen molar-refractivity contribution in [2.75, 3.05) is 31.1 Å². The third kappa shape index (κ3) is 4.13. The number of guanidine groups is 1. The molecule has 1 saturated heterocycles. The number of aliphatic imine (C=N–C) groups is 1. The Bertz CT molecular complexity index is 676. The molecule has 9 heteroatoms. The molecule has 24 heavy (non-hydrogen) atoms. The van der Waals surface area contributed by atoms with Crippen LogP contribution in [0.1, 0.15) is 11.3 Å². The Morgan fingerprint density at radius 2 is 1.88 bits per heavy atom. The van der Waals surface area contributed by atoms with Gasteiger partial charge < -0.3 is 15.5 Å². The number of anilines is 1. The minimum Gasteiger partial charge on any atom is -0.370 e. The van der Waals surface area contributed by atoms with Gasteiger partial charge in [-0.3, -0.25) is 4.68 Å². The van der Waals surface area contributed by atoms with Gasteiger partial charge in [-0.15, -0.1) is 24.0 Å². The number of aryl methyl sites for hydroxylation is 1. The lowest BCUT2D eigenvalue weighted by Gasteiger charge is -2.35. The molecule has 2 N–H and O–H groups in total. The Kier molecular flexibility index (Phi) is 6.35. The van der Waals surface area contributed by atoms with Gasteiger partial charge in [-0.1, -0.05) is 0 Å². The number of rotatable bonds is 3. The van der Waals surface area contributed by atoms with Crippen molar-refractivity contribution < 1.29 is 0 Å². The van der Waals surface area contributed by atoms with E-state index in [4.69, 9.17) is 5.73 Å². The molecule has 0 bridgehead atoms. The number of halogens is 1. The quantitative estimate of drug-likeness (QED) is 0.430. The third-order valence-corrected chi connectivity index (χ3v) is 4.19. The van der Waals surface area contributed by atoms with Crippen LogP contribution in [0.3, 0.4) is 0 Å². The molecule has 1 aliphatic rings. The van der Waals surface area contributed by atoms with E-state index in [2.05, 4.69) is 29.9 Å². The van der Waals surface area contributed by atoms with Crippen LogP contribution in [0, 0.1) is 6.92 Å². The highest BCUT2D eigenvalue weighted by molar-refractivity contribution is 14.0. The van der Waals surface area contributed by atoms with Crippen LogP contribution in [0.5, 0.6) is 0 Å². The second kappa shape index (κ2) is 8.27. The van der Waals surface area contributed by atoms with E-state index >= 15 is 0 Å². The zero-order valence-corrected chi connectivity index (χ0v) is 16.3. The topological polar surface area (TPSA) is 88.5 Å². The van der Waals surface area contributed by atoms with Gasteiger partial charge in [0.2, 0.25) is 5.95 Å². The highest BCUT2D eigenvalue weighted by atomic mass is 127. The second-order valence-corrected chi connectivity index (χ2v) is 5.58. The van der Waals surface area contributed by atoms with Crippen molar-refractivity contribution in [3.63, 3.8) is 0 Å². The minimum atomic E-state index is 0. The van der Waals surface area contributed by atoms with E-state index < -0.39 is 0 Å². The number of nitrogens with zero attached hydrogens (tertiary/aromatic N) is 7. The molecular formula is C15H23IN8. The van der Waals surface area contributed by atoms with Crippen molar-refractivity contribution in [2.45, 2.75) is 13.5 Å². The molecule has 0 aromatic carbocycles. The fourth-order valence-corrected chi connectivity index (χ4v) is 2.56.